The van der Waals surface area contributed by atoms with Crippen LogP contribution in [0.15, 0.2) is 66.9 Å². The Morgan fingerprint density at radius 3 is 2.26 bits per heavy atom. The van der Waals surface area contributed by atoms with Gasteiger partial charge in [-0.2, -0.15) is 0 Å². The summed E-state index contributed by atoms with van der Waals surface area (Å²) in [6, 6.07) is 19.8. The molecule has 0 aliphatic carbocycles. The minimum absolute atomic E-state index is 0.134. The Bertz CT molecular complexity index is 885. The molecule has 138 valence electrons. The molecule has 0 saturated heterocycles. The van der Waals surface area contributed by atoms with Gasteiger partial charge in [-0.3, -0.25) is 4.79 Å². The lowest BCUT2D eigenvalue weighted by molar-refractivity contribution is 0.0950. The Morgan fingerprint density at radius 1 is 0.963 bits per heavy atom. The quantitative estimate of drug-likeness (QED) is 0.694. The second kappa shape index (κ2) is 8.36. The van der Waals surface area contributed by atoms with Crippen molar-refractivity contribution in [2.45, 2.75) is 13.5 Å². The van der Waals surface area contributed by atoms with Gasteiger partial charge in [0.15, 0.2) is 0 Å². The maximum absolute atomic E-state index is 12.3. The molecule has 27 heavy (non-hydrogen) atoms. The molecule has 5 nitrogen and oxygen atoms in total. The molecule has 2 aromatic carbocycles. The molecule has 0 saturated carbocycles. The molecule has 0 bridgehead atoms. The zero-order valence-corrected chi connectivity index (χ0v) is 15.9. The number of carbonyl (C=O) groups excluding carboxylic acids is 1. The first-order valence-corrected chi connectivity index (χ1v) is 8.85. The van der Waals surface area contributed by atoms with E-state index in [-0.39, 0.29) is 5.91 Å². The minimum Gasteiger partial charge on any atom is -0.378 e. The van der Waals surface area contributed by atoms with E-state index in [2.05, 4.69) is 15.6 Å². The van der Waals surface area contributed by atoms with E-state index in [0.29, 0.717) is 17.9 Å². The third-order valence-electron chi connectivity index (χ3n) is 4.26. The van der Waals surface area contributed by atoms with Crippen LogP contribution in [-0.2, 0) is 6.54 Å². The number of hydrogen-bond donors (Lipinski definition) is 2. The lowest BCUT2D eigenvalue weighted by Gasteiger charge is -2.13. The Morgan fingerprint density at radius 2 is 1.67 bits per heavy atom. The van der Waals surface area contributed by atoms with E-state index in [4.69, 9.17) is 0 Å². The van der Waals surface area contributed by atoms with Crippen LogP contribution in [0.1, 0.15) is 21.5 Å². The molecule has 0 spiro atoms. The van der Waals surface area contributed by atoms with Gasteiger partial charge in [0.05, 0.1) is 5.56 Å². The van der Waals surface area contributed by atoms with E-state index in [1.165, 1.54) is 5.56 Å². The van der Waals surface area contributed by atoms with Crippen molar-refractivity contribution >= 4 is 23.1 Å². The van der Waals surface area contributed by atoms with Crippen LogP contribution in [0.5, 0.6) is 0 Å². The van der Waals surface area contributed by atoms with Crippen LogP contribution in [-0.4, -0.2) is 25.0 Å². The Balaban J connectivity index is 1.57. The summed E-state index contributed by atoms with van der Waals surface area (Å²) in [5.74, 6) is 0.563. The molecule has 0 aliphatic rings. The third kappa shape index (κ3) is 5.07. The van der Waals surface area contributed by atoms with E-state index in [1.54, 1.807) is 18.3 Å². The summed E-state index contributed by atoms with van der Waals surface area (Å²) in [7, 11) is 4.01. The number of anilines is 3. The Hall–Kier alpha value is -3.34. The first kappa shape index (κ1) is 18.5. The van der Waals surface area contributed by atoms with E-state index in [0.717, 1.165) is 16.9 Å². The molecule has 0 fully saturated rings. The lowest BCUT2D eigenvalue weighted by atomic mass is 10.1. The van der Waals surface area contributed by atoms with Crippen LogP contribution in [0.3, 0.4) is 0 Å². The Kier molecular flexibility index (Phi) is 5.71. The van der Waals surface area contributed by atoms with Crippen molar-refractivity contribution in [1.82, 2.24) is 10.3 Å². The summed E-state index contributed by atoms with van der Waals surface area (Å²) in [5.41, 5.74) is 4.89. The molecular weight excluding hydrogens is 336 g/mol. The number of aromatic nitrogens is 1. The van der Waals surface area contributed by atoms with Gasteiger partial charge in [0, 0.05) is 38.2 Å². The first-order chi connectivity index (χ1) is 13.0. The highest BCUT2D eigenvalue weighted by Crippen LogP contribution is 2.19. The maximum atomic E-state index is 12.3. The zero-order valence-electron chi connectivity index (χ0n) is 15.9. The monoisotopic (exact) mass is 360 g/mol. The highest BCUT2D eigenvalue weighted by Gasteiger charge is 2.06. The number of benzene rings is 2. The summed E-state index contributed by atoms with van der Waals surface area (Å²) in [6.45, 7) is 2.54. The summed E-state index contributed by atoms with van der Waals surface area (Å²) in [4.78, 5) is 18.7. The summed E-state index contributed by atoms with van der Waals surface area (Å²) < 4.78 is 0. The van der Waals surface area contributed by atoms with E-state index < -0.39 is 0 Å². The number of carbonyl (C=O) groups is 1. The number of pyridine rings is 1. The van der Waals surface area contributed by atoms with Crippen molar-refractivity contribution in [3.05, 3.63) is 83.6 Å². The highest BCUT2D eigenvalue weighted by atomic mass is 16.1. The van der Waals surface area contributed by atoms with Gasteiger partial charge in [-0.15, -0.1) is 0 Å². The van der Waals surface area contributed by atoms with Gasteiger partial charge >= 0.3 is 0 Å². The molecule has 3 rings (SSSR count). The Labute approximate surface area is 160 Å². The second-order valence-electron chi connectivity index (χ2n) is 6.67. The van der Waals surface area contributed by atoms with Crippen molar-refractivity contribution in [2.75, 3.05) is 24.3 Å². The van der Waals surface area contributed by atoms with Gasteiger partial charge < -0.3 is 15.5 Å². The second-order valence-corrected chi connectivity index (χ2v) is 6.67. The van der Waals surface area contributed by atoms with E-state index >= 15 is 0 Å². The molecule has 1 amide bonds. The van der Waals surface area contributed by atoms with Crippen LogP contribution < -0.4 is 15.5 Å². The number of aryl methyl sites for hydroxylation is 1. The van der Waals surface area contributed by atoms with Crippen LogP contribution in [0, 0.1) is 6.92 Å². The zero-order chi connectivity index (χ0) is 19.2. The largest absolute Gasteiger partial charge is 0.378 e. The molecular formula is C22H24N4O. The average molecular weight is 360 g/mol. The third-order valence-corrected chi connectivity index (χ3v) is 4.26. The SMILES string of the molecule is Cc1ccc(CNC(=O)c2ccc(Nc3ccc(N(C)C)cc3)nc2)cc1. The predicted molar refractivity (Wildman–Crippen MR) is 111 cm³/mol. The van der Waals surface area contributed by atoms with Gasteiger partial charge in [-0.05, 0) is 48.9 Å². The van der Waals surface area contributed by atoms with Crippen molar-refractivity contribution in [2.24, 2.45) is 0 Å². The highest BCUT2D eigenvalue weighted by molar-refractivity contribution is 5.94. The standard InChI is InChI=1S/C22H24N4O/c1-16-4-6-17(7-5-16)14-24-22(27)18-8-13-21(23-15-18)25-19-9-11-20(12-10-19)26(2)3/h4-13,15H,14H2,1-3H3,(H,23,25)(H,24,27). The van der Waals surface area contributed by atoms with Crippen molar-refractivity contribution < 1.29 is 4.79 Å². The number of amides is 1. The van der Waals surface area contributed by atoms with Gasteiger partial charge in [0.1, 0.15) is 5.82 Å². The number of rotatable bonds is 6. The number of hydrogen-bond acceptors (Lipinski definition) is 4. The fourth-order valence-corrected chi connectivity index (χ4v) is 2.58. The fraction of sp³-hybridized carbons (Fsp3) is 0.182. The smallest absolute Gasteiger partial charge is 0.253 e. The average Bonchev–Trinajstić information content (AvgIpc) is 2.68. The van der Waals surface area contributed by atoms with E-state index in [1.807, 2.05) is 74.4 Å². The molecule has 0 atom stereocenters. The van der Waals surface area contributed by atoms with Crippen molar-refractivity contribution in [3.8, 4) is 0 Å². The van der Waals surface area contributed by atoms with E-state index in [9.17, 15) is 4.79 Å². The molecule has 2 N–H and O–H groups in total. The molecule has 5 heteroatoms. The molecule has 0 aliphatic heterocycles. The summed E-state index contributed by atoms with van der Waals surface area (Å²) >= 11 is 0. The van der Waals surface area contributed by atoms with Gasteiger partial charge in [-0.25, -0.2) is 4.98 Å². The summed E-state index contributed by atoms with van der Waals surface area (Å²) in [5, 5.41) is 6.15. The fourth-order valence-electron chi connectivity index (χ4n) is 2.58. The van der Waals surface area contributed by atoms with Crippen molar-refractivity contribution in [1.29, 1.82) is 0 Å². The lowest BCUT2D eigenvalue weighted by Crippen LogP contribution is -2.22. The van der Waals surface area contributed by atoms with Crippen LogP contribution >= 0.6 is 0 Å². The number of nitrogens with one attached hydrogen (secondary N) is 2. The molecule has 1 heterocycles. The number of nitrogens with zero attached hydrogens (tertiary/aromatic N) is 2. The van der Waals surface area contributed by atoms with Crippen LogP contribution in [0.2, 0.25) is 0 Å². The summed E-state index contributed by atoms with van der Waals surface area (Å²) in [6.07, 6.45) is 1.58. The molecule has 1 aromatic heterocycles. The normalized spacial score (nSPS) is 10.3. The molecule has 0 radical (unpaired) electrons. The predicted octanol–water partition coefficient (Wildman–Crippen LogP) is 4.13. The first-order valence-electron chi connectivity index (χ1n) is 8.85. The van der Waals surface area contributed by atoms with Crippen molar-refractivity contribution in [3.63, 3.8) is 0 Å². The minimum atomic E-state index is -0.134. The van der Waals surface area contributed by atoms with Crippen LogP contribution in [0.25, 0.3) is 0 Å². The van der Waals surface area contributed by atoms with Gasteiger partial charge in [0.2, 0.25) is 0 Å². The molecule has 0 unspecified atom stereocenters. The van der Waals surface area contributed by atoms with Crippen LogP contribution in [0.4, 0.5) is 17.2 Å². The topological polar surface area (TPSA) is 57.3 Å². The molecule has 3 aromatic rings. The van der Waals surface area contributed by atoms with Gasteiger partial charge in [0.25, 0.3) is 5.91 Å². The maximum Gasteiger partial charge on any atom is 0.253 e. The van der Waals surface area contributed by atoms with Gasteiger partial charge in [-0.1, -0.05) is 29.8 Å².